The van der Waals surface area contributed by atoms with Gasteiger partial charge >= 0.3 is 5.97 Å². The average Bonchev–Trinajstić information content (AvgIpc) is 2.65. The summed E-state index contributed by atoms with van der Waals surface area (Å²) in [6, 6.07) is 13.5. The number of carboxylic acids is 1. The first kappa shape index (κ1) is 25.3. The van der Waals surface area contributed by atoms with Gasteiger partial charge in [0.2, 0.25) is 0 Å². The topological polar surface area (TPSA) is 72.8 Å². The van der Waals surface area contributed by atoms with Gasteiger partial charge in [0, 0.05) is 10.0 Å². The van der Waals surface area contributed by atoms with Gasteiger partial charge in [0.25, 0.3) is 0 Å². The summed E-state index contributed by atoms with van der Waals surface area (Å²) < 4.78 is 10.8. The number of carboxylic acid groups (broad SMARTS) is 1. The van der Waals surface area contributed by atoms with Gasteiger partial charge in [-0.2, -0.15) is 0 Å². The van der Waals surface area contributed by atoms with Gasteiger partial charge in [0.15, 0.2) is 17.0 Å². The van der Waals surface area contributed by atoms with E-state index in [2.05, 4.69) is 15.9 Å². The van der Waals surface area contributed by atoms with Crippen LogP contribution in [0.3, 0.4) is 0 Å². The molecule has 0 aliphatic rings. The number of carbonyl (C=O) groups excluding carboxylic acids is 1. The van der Waals surface area contributed by atoms with Crippen LogP contribution in [0.25, 0.3) is 0 Å². The van der Waals surface area contributed by atoms with E-state index in [1.165, 1.54) is 13.8 Å². The Morgan fingerprint density at radius 3 is 1.48 bits per heavy atom. The van der Waals surface area contributed by atoms with Crippen LogP contribution in [0.4, 0.5) is 0 Å². The minimum atomic E-state index is -1.23. The average molecular weight is 506 g/mol. The number of carbonyl (C=O) groups is 2. The number of ketones is 1. The Morgan fingerprint density at radius 2 is 1.17 bits per heavy atom. The van der Waals surface area contributed by atoms with Crippen molar-refractivity contribution in [2.75, 3.05) is 5.33 Å². The van der Waals surface area contributed by atoms with Crippen LogP contribution in [0.5, 0.6) is 11.5 Å². The number of aliphatic carboxylic acids is 1. The van der Waals surface area contributed by atoms with E-state index in [9.17, 15) is 9.59 Å². The molecule has 2 aromatic carbocycles. The van der Waals surface area contributed by atoms with Gasteiger partial charge in [0.1, 0.15) is 11.5 Å². The summed E-state index contributed by atoms with van der Waals surface area (Å²) in [5, 5.41) is 10.3. The van der Waals surface area contributed by atoms with Gasteiger partial charge in [-0.05, 0) is 76.2 Å². The molecule has 0 radical (unpaired) electrons. The molecular weight excluding hydrogens is 483 g/mol. The molecule has 0 aromatic heterocycles. The van der Waals surface area contributed by atoms with Crippen molar-refractivity contribution in [3.05, 3.63) is 58.6 Å². The molecular formula is C21H23BrCl2O5. The molecule has 1 N–H and O–H groups in total. The van der Waals surface area contributed by atoms with Crippen LogP contribution in [-0.4, -0.2) is 33.4 Å². The van der Waals surface area contributed by atoms with Crippen molar-refractivity contribution in [3.8, 4) is 11.5 Å². The molecule has 0 saturated heterocycles. The maximum atomic E-state index is 11.5. The van der Waals surface area contributed by atoms with Gasteiger partial charge in [0.05, 0.1) is 5.33 Å². The number of alkyl halides is 1. The van der Waals surface area contributed by atoms with Crippen LogP contribution in [0, 0.1) is 0 Å². The second-order valence-corrected chi connectivity index (χ2v) is 8.43. The van der Waals surface area contributed by atoms with Crippen molar-refractivity contribution >= 4 is 50.9 Å². The van der Waals surface area contributed by atoms with E-state index >= 15 is 0 Å². The lowest BCUT2D eigenvalue weighted by atomic mass is 10.1. The number of rotatable bonds is 7. The van der Waals surface area contributed by atoms with E-state index in [0.717, 1.165) is 0 Å². The predicted molar refractivity (Wildman–Crippen MR) is 119 cm³/mol. The Morgan fingerprint density at radius 1 is 0.828 bits per heavy atom. The highest BCUT2D eigenvalue weighted by Gasteiger charge is 2.29. The largest absolute Gasteiger partial charge is 0.480 e. The van der Waals surface area contributed by atoms with E-state index < -0.39 is 17.2 Å². The van der Waals surface area contributed by atoms with Crippen LogP contribution in [0.2, 0.25) is 10.0 Å². The van der Waals surface area contributed by atoms with Crippen molar-refractivity contribution in [3.63, 3.8) is 0 Å². The van der Waals surface area contributed by atoms with Crippen molar-refractivity contribution < 1.29 is 24.2 Å². The first-order chi connectivity index (χ1) is 13.4. The van der Waals surface area contributed by atoms with Gasteiger partial charge in [-0.15, -0.1) is 0 Å². The van der Waals surface area contributed by atoms with Crippen LogP contribution in [0.15, 0.2) is 48.5 Å². The normalized spacial score (nSPS) is 11.1. The molecule has 5 nitrogen and oxygen atoms in total. The predicted octanol–water partition coefficient (Wildman–Crippen LogP) is 6.04. The zero-order valence-electron chi connectivity index (χ0n) is 16.5. The Bertz CT molecular complexity index is 818. The molecule has 2 aromatic rings. The number of ether oxygens (including phenoxy) is 2. The third-order valence-electron chi connectivity index (χ3n) is 3.68. The summed E-state index contributed by atoms with van der Waals surface area (Å²) >= 11 is 14.5. The molecule has 0 atom stereocenters. The molecule has 29 heavy (non-hydrogen) atoms. The van der Waals surface area contributed by atoms with Crippen molar-refractivity contribution in [1.29, 1.82) is 0 Å². The standard InChI is InChI=1S/C11H12BrClO2.C10H11ClO3/c1-11(2,10(14)7-12)15-9-5-3-8(13)4-6-9;1-10(2,9(12)13)14-8-5-3-7(11)4-6-8/h3-6H,7H2,1-2H3;3-6H,1-2H3,(H,12,13). The number of hydrogen-bond acceptors (Lipinski definition) is 4. The highest BCUT2D eigenvalue weighted by molar-refractivity contribution is 9.09. The SMILES string of the molecule is CC(C)(Oc1ccc(Cl)cc1)C(=O)CBr.CC(C)(Oc1ccc(Cl)cc1)C(=O)O. The van der Waals surface area contributed by atoms with Crippen molar-refractivity contribution in [2.45, 2.75) is 38.9 Å². The maximum Gasteiger partial charge on any atom is 0.347 e. The zero-order valence-corrected chi connectivity index (χ0v) is 19.6. The molecule has 0 fully saturated rings. The Kier molecular flexibility index (Phi) is 9.46. The summed E-state index contributed by atoms with van der Waals surface area (Å²) in [6.45, 7) is 6.46. The molecule has 0 aliphatic heterocycles. The smallest absolute Gasteiger partial charge is 0.347 e. The van der Waals surface area contributed by atoms with Gasteiger partial charge in [-0.1, -0.05) is 39.1 Å². The molecule has 0 unspecified atom stereocenters. The van der Waals surface area contributed by atoms with E-state index in [1.807, 2.05) is 0 Å². The van der Waals surface area contributed by atoms with Gasteiger partial charge in [-0.3, -0.25) is 4.79 Å². The zero-order chi connectivity index (χ0) is 22.2. The van der Waals surface area contributed by atoms with E-state index in [1.54, 1.807) is 62.4 Å². The summed E-state index contributed by atoms with van der Waals surface area (Å²) in [5.74, 6) is 0.116. The van der Waals surface area contributed by atoms with Crippen molar-refractivity contribution in [2.24, 2.45) is 0 Å². The van der Waals surface area contributed by atoms with Crippen LogP contribution < -0.4 is 9.47 Å². The fourth-order valence-corrected chi connectivity index (χ4v) is 2.78. The molecule has 8 heteroatoms. The summed E-state index contributed by atoms with van der Waals surface area (Å²) in [4.78, 5) is 22.2. The lowest BCUT2D eigenvalue weighted by Crippen LogP contribution is -2.39. The maximum absolute atomic E-state index is 11.5. The number of Topliss-reactive ketones (excluding diaryl/α,β-unsaturated/α-hetero) is 1. The minimum Gasteiger partial charge on any atom is -0.480 e. The highest BCUT2D eigenvalue weighted by Crippen LogP contribution is 2.22. The fraction of sp³-hybridized carbons (Fsp3) is 0.333. The number of halogens is 3. The van der Waals surface area contributed by atoms with E-state index in [4.69, 9.17) is 37.8 Å². The second kappa shape index (κ2) is 10.9. The Hall–Kier alpha value is -1.76. The quantitative estimate of drug-likeness (QED) is 0.464. The molecule has 158 valence electrons. The molecule has 2 rings (SSSR count). The minimum absolute atomic E-state index is 0.00236. The Labute approximate surface area is 189 Å². The summed E-state index contributed by atoms with van der Waals surface area (Å²) in [7, 11) is 0. The summed E-state index contributed by atoms with van der Waals surface area (Å²) in [6.07, 6.45) is 0. The van der Waals surface area contributed by atoms with Crippen LogP contribution in [0.1, 0.15) is 27.7 Å². The van der Waals surface area contributed by atoms with Crippen molar-refractivity contribution in [1.82, 2.24) is 0 Å². The third kappa shape index (κ3) is 8.64. The van der Waals surface area contributed by atoms with Gasteiger partial charge < -0.3 is 14.6 Å². The molecule has 0 bridgehead atoms. The first-order valence-corrected chi connectivity index (χ1v) is 10.5. The second-order valence-electron chi connectivity index (χ2n) is 6.99. The molecule has 0 saturated carbocycles. The lowest BCUT2D eigenvalue weighted by Gasteiger charge is -2.24. The molecule has 0 amide bonds. The fourth-order valence-electron chi connectivity index (χ4n) is 1.86. The molecule has 0 spiro atoms. The molecule has 0 heterocycles. The first-order valence-electron chi connectivity index (χ1n) is 8.59. The van der Waals surface area contributed by atoms with Crippen LogP contribution in [-0.2, 0) is 9.59 Å². The third-order valence-corrected chi connectivity index (χ3v) is 4.69. The number of benzene rings is 2. The van der Waals surface area contributed by atoms with E-state index in [-0.39, 0.29) is 11.1 Å². The number of hydrogen-bond donors (Lipinski definition) is 1. The molecule has 0 aliphatic carbocycles. The summed E-state index contributed by atoms with van der Waals surface area (Å²) in [5.41, 5.74) is -2.05. The van der Waals surface area contributed by atoms with Gasteiger partial charge in [-0.25, -0.2) is 4.79 Å². The Balaban J connectivity index is 0.000000291. The highest BCUT2D eigenvalue weighted by atomic mass is 79.9. The monoisotopic (exact) mass is 504 g/mol. The van der Waals surface area contributed by atoms with E-state index in [0.29, 0.717) is 21.5 Å². The lowest BCUT2D eigenvalue weighted by molar-refractivity contribution is -0.152. The van der Waals surface area contributed by atoms with Crippen LogP contribution >= 0.6 is 39.1 Å².